The smallest absolute Gasteiger partial charge is 0.292 e. The molecule has 0 spiro atoms. The van der Waals surface area contributed by atoms with E-state index in [0.29, 0.717) is 12.8 Å². The lowest BCUT2D eigenvalue weighted by molar-refractivity contribution is -0.135. The van der Waals surface area contributed by atoms with Gasteiger partial charge in [0.2, 0.25) is 0 Å². The van der Waals surface area contributed by atoms with Crippen molar-refractivity contribution < 1.29 is 14.3 Å². The lowest BCUT2D eigenvalue weighted by atomic mass is 10.2. The Kier molecular flexibility index (Phi) is 13.1. The number of aliphatic hydroxyl groups is 1. The predicted octanol–water partition coefficient (Wildman–Crippen LogP) is 5.04. The number of rotatable bonds is 14. The van der Waals surface area contributed by atoms with E-state index in [1.165, 1.54) is 38.5 Å². The number of carbonyl (C=O) groups excluding carboxylic acids is 1. The highest BCUT2D eigenvalue weighted by Gasteiger charge is 2.36. The van der Waals surface area contributed by atoms with Gasteiger partial charge >= 0.3 is 0 Å². The van der Waals surface area contributed by atoms with Crippen molar-refractivity contribution in [3.63, 3.8) is 0 Å². The molecule has 0 rings (SSSR count). The van der Waals surface area contributed by atoms with Crippen LogP contribution in [0, 0.1) is 0 Å². The first-order valence-corrected chi connectivity index (χ1v) is 11.5. The quantitative estimate of drug-likeness (QED) is 0.361. The highest BCUT2D eigenvalue weighted by atomic mass is 28.4. The average molecular weight is 317 g/mol. The Balaban J connectivity index is 4.64. The molecule has 0 heterocycles. The van der Waals surface area contributed by atoms with Gasteiger partial charge in [-0.3, -0.25) is 4.79 Å². The van der Waals surface area contributed by atoms with Gasteiger partial charge < -0.3 is 9.53 Å². The summed E-state index contributed by atoms with van der Waals surface area (Å²) in [4.78, 5) is 12.2. The second kappa shape index (κ2) is 13.3. The third-order valence-electron chi connectivity index (χ3n) is 4.08. The Labute approximate surface area is 132 Å². The Hall–Kier alpha value is -0.353. The van der Waals surface area contributed by atoms with Crippen LogP contribution in [-0.2, 0) is 9.22 Å². The Morgan fingerprint density at radius 2 is 1.33 bits per heavy atom. The highest BCUT2D eigenvalue weighted by Crippen LogP contribution is 2.30. The van der Waals surface area contributed by atoms with E-state index in [9.17, 15) is 4.79 Å². The maximum Gasteiger partial charge on any atom is 0.292 e. The van der Waals surface area contributed by atoms with Crippen LogP contribution < -0.4 is 0 Å². The lowest BCUT2D eigenvalue weighted by Crippen LogP contribution is -2.40. The van der Waals surface area contributed by atoms with E-state index in [2.05, 4.69) is 20.8 Å². The van der Waals surface area contributed by atoms with Crippen LogP contribution in [0.3, 0.4) is 0 Å². The second-order valence-corrected chi connectivity index (χ2v) is 10.2. The first-order valence-electron chi connectivity index (χ1n) is 8.96. The monoisotopic (exact) mass is 316 g/mol. The number of aliphatic hydroxyl groups excluding tert-OH is 1. The molecule has 0 aromatic heterocycles. The molecule has 0 aliphatic carbocycles. The van der Waals surface area contributed by atoms with Crippen LogP contribution in [0.2, 0.25) is 18.1 Å². The fourth-order valence-corrected chi connectivity index (χ4v) is 7.33. The van der Waals surface area contributed by atoms with Crippen molar-refractivity contribution in [1.29, 1.82) is 0 Å². The second-order valence-electron chi connectivity index (χ2n) is 6.15. The summed E-state index contributed by atoms with van der Waals surface area (Å²) in [7, 11) is -1.89. The predicted molar refractivity (Wildman–Crippen MR) is 91.9 cm³/mol. The third kappa shape index (κ3) is 10.1. The maximum atomic E-state index is 12.2. The van der Waals surface area contributed by atoms with Gasteiger partial charge in [0.15, 0.2) is 0 Å². The molecule has 0 aliphatic heterocycles. The zero-order valence-electron chi connectivity index (χ0n) is 14.5. The zero-order chi connectivity index (χ0) is 16.0. The van der Waals surface area contributed by atoms with E-state index in [1.54, 1.807) is 0 Å². The van der Waals surface area contributed by atoms with Gasteiger partial charge in [-0.2, -0.15) is 0 Å². The SMILES string of the molecule is CCCC[Si](CCCC)(CCCC)OC(=O)CCCCO. The fraction of sp³-hybridized carbons (Fsp3) is 0.941. The normalized spacial score (nSPS) is 11.6. The molecular weight excluding hydrogens is 280 g/mol. The van der Waals surface area contributed by atoms with Crippen molar-refractivity contribution in [3.8, 4) is 0 Å². The summed E-state index contributed by atoms with van der Waals surface area (Å²) < 4.78 is 6.11. The van der Waals surface area contributed by atoms with E-state index < -0.39 is 8.32 Å². The van der Waals surface area contributed by atoms with Crippen molar-refractivity contribution in [2.24, 2.45) is 0 Å². The minimum atomic E-state index is -1.89. The van der Waals surface area contributed by atoms with E-state index >= 15 is 0 Å². The van der Waals surface area contributed by atoms with Gasteiger partial charge in [0.1, 0.15) is 0 Å². The topological polar surface area (TPSA) is 46.5 Å². The minimum absolute atomic E-state index is 0.0153. The van der Waals surface area contributed by atoms with Gasteiger partial charge in [-0.15, -0.1) is 0 Å². The molecule has 126 valence electrons. The largest absolute Gasteiger partial charge is 0.519 e. The van der Waals surface area contributed by atoms with Gasteiger partial charge in [0.25, 0.3) is 14.3 Å². The van der Waals surface area contributed by atoms with Crippen molar-refractivity contribution >= 4 is 14.3 Å². The highest BCUT2D eigenvalue weighted by molar-refractivity contribution is 6.75. The molecule has 0 aromatic carbocycles. The summed E-state index contributed by atoms with van der Waals surface area (Å²) in [5.74, 6) is -0.0153. The Morgan fingerprint density at radius 3 is 1.71 bits per heavy atom. The number of hydrogen-bond donors (Lipinski definition) is 1. The van der Waals surface area contributed by atoms with Crippen LogP contribution in [0.1, 0.15) is 78.6 Å². The molecule has 0 unspecified atom stereocenters. The van der Waals surface area contributed by atoms with Crippen LogP contribution in [0.25, 0.3) is 0 Å². The first kappa shape index (κ1) is 20.6. The van der Waals surface area contributed by atoms with Crippen molar-refractivity contribution in [2.75, 3.05) is 6.61 Å². The average Bonchev–Trinajstić information content (AvgIpc) is 2.49. The summed E-state index contributed by atoms with van der Waals surface area (Å²) in [6.07, 6.45) is 8.99. The van der Waals surface area contributed by atoms with Crippen molar-refractivity contribution in [3.05, 3.63) is 0 Å². The molecule has 0 bridgehead atoms. The minimum Gasteiger partial charge on any atom is -0.519 e. The summed E-state index contributed by atoms with van der Waals surface area (Å²) in [6.45, 7) is 6.79. The molecular formula is C17H36O3Si. The lowest BCUT2D eigenvalue weighted by Gasteiger charge is -2.31. The summed E-state index contributed by atoms with van der Waals surface area (Å²) in [5, 5.41) is 8.82. The van der Waals surface area contributed by atoms with Gasteiger partial charge in [-0.05, 0) is 31.0 Å². The summed E-state index contributed by atoms with van der Waals surface area (Å²) >= 11 is 0. The molecule has 0 aromatic rings. The molecule has 0 saturated heterocycles. The fourth-order valence-electron chi connectivity index (χ4n) is 2.70. The Bertz CT molecular complexity index is 235. The van der Waals surface area contributed by atoms with Gasteiger partial charge in [-0.25, -0.2) is 0 Å². The van der Waals surface area contributed by atoms with Crippen LogP contribution in [-0.4, -0.2) is 26.0 Å². The molecule has 0 saturated carbocycles. The molecule has 0 atom stereocenters. The molecule has 21 heavy (non-hydrogen) atoms. The van der Waals surface area contributed by atoms with Crippen LogP contribution in [0.4, 0.5) is 0 Å². The first-order chi connectivity index (χ1) is 10.1. The third-order valence-corrected chi connectivity index (χ3v) is 8.53. The zero-order valence-corrected chi connectivity index (χ0v) is 15.5. The van der Waals surface area contributed by atoms with Crippen LogP contribution in [0.5, 0.6) is 0 Å². The summed E-state index contributed by atoms with van der Waals surface area (Å²) in [5.41, 5.74) is 0. The van der Waals surface area contributed by atoms with Crippen LogP contribution >= 0.6 is 0 Å². The molecule has 0 amide bonds. The molecule has 1 N–H and O–H groups in total. The number of hydrogen-bond acceptors (Lipinski definition) is 3. The van der Waals surface area contributed by atoms with Gasteiger partial charge in [0.05, 0.1) is 0 Å². The molecule has 0 fully saturated rings. The molecule has 3 nitrogen and oxygen atoms in total. The number of carbonyl (C=O) groups is 1. The van der Waals surface area contributed by atoms with Crippen LogP contribution in [0.15, 0.2) is 0 Å². The van der Waals surface area contributed by atoms with Gasteiger partial charge in [-0.1, -0.05) is 59.3 Å². The maximum absolute atomic E-state index is 12.2. The standard InChI is InChI=1S/C17H36O3Si/c1-4-7-14-21(15-8-5-2,16-9-6-3)20-17(19)12-10-11-13-18/h18H,4-16H2,1-3H3. The molecule has 0 radical (unpaired) electrons. The summed E-state index contributed by atoms with van der Waals surface area (Å²) in [6, 6.07) is 3.40. The van der Waals surface area contributed by atoms with Gasteiger partial charge in [0, 0.05) is 13.0 Å². The van der Waals surface area contributed by atoms with E-state index in [4.69, 9.17) is 9.53 Å². The van der Waals surface area contributed by atoms with Crippen molar-refractivity contribution in [1.82, 2.24) is 0 Å². The van der Waals surface area contributed by atoms with E-state index in [0.717, 1.165) is 24.6 Å². The Morgan fingerprint density at radius 1 is 0.857 bits per heavy atom. The number of unbranched alkanes of at least 4 members (excludes halogenated alkanes) is 4. The van der Waals surface area contributed by atoms with E-state index in [1.807, 2.05) is 0 Å². The van der Waals surface area contributed by atoms with E-state index in [-0.39, 0.29) is 12.6 Å². The molecule has 4 heteroatoms. The molecule has 0 aliphatic rings. The van der Waals surface area contributed by atoms with Crippen molar-refractivity contribution in [2.45, 2.75) is 96.7 Å².